The summed E-state index contributed by atoms with van der Waals surface area (Å²) in [7, 11) is -4.13. The summed E-state index contributed by atoms with van der Waals surface area (Å²) in [5.41, 5.74) is -1.16. The van der Waals surface area contributed by atoms with Gasteiger partial charge < -0.3 is 9.84 Å². The molecule has 0 bridgehead atoms. The third-order valence-electron chi connectivity index (χ3n) is 3.40. The zero-order valence-corrected chi connectivity index (χ0v) is 9.75. The Labute approximate surface area is 97.6 Å². The molecule has 8 heteroatoms. The van der Waals surface area contributed by atoms with Gasteiger partial charge in [-0.05, 0) is 19.1 Å². The third kappa shape index (κ3) is 1.49. The van der Waals surface area contributed by atoms with Crippen LogP contribution in [0.1, 0.15) is 6.92 Å². The number of epoxide rings is 1. The van der Waals surface area contributed by atoms with Gasteiger partial charge in [-0.25, -0.2) is 9.78 Å². The van der Waals surface area contributed by atoms with Crippen molar-refractivity contribution in [3.05, 3.63) is 12.2 Å². The molecule has 17 heavy (non-hydrogen) atoms. The Balaban J connectivity index is 1.45. The summed E-state index contributed by atoms with van der Waals surface area (Å²) in [5, 5.41) is 8.50. The molecule has 96 valence electrons. The first-order valence-corrected chi connectivity index (χ1v) is 6.67. The molecule has 1 heterocycles. The van der Waals surface area contributed by atoms with Crippen molar-refractivity contribution in [1.82, 2.24) is 0 Å². The van der Waals surface area contributed by atoms with Crippen molar-refractivity contribution in [2.45, 2.75) is 35.6 Å². The van der Waals surface area contributed by atoms with Crippen LogP contribution in [0.4, 0.5) is 0 Å². The van der Waals surface area contributed by atoms with Crippen LogP contribution in [0, 0.1) is 0 Å². The van der Waals surface area contributed by atoms with E-state index in [1.54, 1.807) is 0 Å². The van der Waals surface area contributed by atoms with Gasteiger partial charge in [0.2, 0.25) is 0 Å². The van der Waals surface area contributed by atoms with Crippen LogP contribution in [0.2, 0.25) is 0 Å². The van der Waals surface area contributed by atoms with Crippen LogP contribution < -0.4 is 0 Å². The zero-order valence-electron chi connectivity index (χ0n) is 8.94. The highest BCUT2D eigenvalue weighted by molar-refractivity contribution is 7.86. The maximum atomic E-state index is 10.7. The van der Waals surface area contributed by atoms with E-state index in [2.05, 4.69) is 0 Å². The summed E-state index contributed by atoms with van der Waals surface area (Å²) in [6.07, 6.45) is 2.27. The van der Waals surface area contributed by atoms with Gasteiger partial charge in [0.05, 0.1) is 0 Å². The number of hydrogen-bond acceptors (Lipinski definition) is 6. The van der Waals surface area contributed by atoms with E-state index in [-0.39, 0.29) is 6.61 Å². The summed E-state index contributed by atoms with van der Waals surface area (Å²) < 4.78 is 35.4. The molecule has 3 rings (SSSR count). The van der Waals surface area contributed by atoms with Crippen LogP contribution in [0.3, 0.4) is 0 Å². The second-order valence-corrected chi connectivity index (χ2v) is 6.43. The fourth-order valence-corrected chi connectivity index (χ4v) is 2.19. The summed E-state index contributed by atoms with van der Waals surface area (Å²) in [6.45, 7) is 0.980. The molecule has 4 atom stereocenters. The molecule has 1 saturated heterocycles. The molecular formula is C9H12O7S. The minimum Gasteiger partial charge on any atom is -0.387 e. The average molecular weight is 264 g/mol. The van der Waals surface area contributed by atoms with E-state index in [0.717, 1.165) is 0 Å². The largest absolute Gasteiger partial charge is 0.387 e. The SMILES string of the molecule is CC(COOC1C(O)C12OC21C=C1)S(=O)(=O)O. The second kappa shape index (κ2) is 3.08. The minimum absolute atomic E-state index is 0.307. The summed E-state index contributed by atoms with van der Waals surface area (Å²) >= 11 is 0. The Bertz CT molecular complexity index is 478. The fourth-order valence-electron chi connectivity index (χ4n) is 1.97. The van der Waals surface area contributed by atoms with Crippen LogP contribution in [0.25, 0.3) is 0 Å². The second-order valence-electron chi connectivity index (χ2n) is 4.59. The molecule has 2 spiro atoms. The predicted octanol–water partition coefficient (Wildman–Crippen LogP) is -0.968. The lowest BCUT2D eigenvalue weighted by Crippen LogP contribution is -2.23. The van der Waals surface area contributed by atoms with Crippen LogP contribution in [-0.4, -0.2) is 53.3 Å². The van der Waals surface area contributed by atoms with Gasteiger partial charge in [0, 0.05) is 0 Å². The highest BCUT2D eigenvalue weighted by Gasteiger charge is 2.93. The van der Waals surface area contributed by atoms with E-state index < -0.39 is 38.8 Å². The maximum absolute atomic E-state index is 10.7. The first kappa shape index (κ1) is 11.6. The van der Waals surface area contributed by atoms with Gasteiger partial charge in [-0.15, -0.1) is 0 Å². The molecule has 7 nitrogen and oxygen atoms in total. The molecule has 2 aliphatic carbocycles. The van der Waals surface area contributed by atoms with E-state index in [4.69, 9.17) is 19.1 Å². The maximum Gasteiger partial charge on any atom is 0.269 e. The molecule has 2 N–H and O–H groups in total. The van der Waals surface area contributed by atoms with Gasteiger partial charge in [0.15, 0.2) is 11.7 Å². The predicted molar refractivity (Wildman–Crippen MR) is 53.5 cm³/mol. The van der Waals surface area contributed by atoms with E-state index in [9.17, 15) is 13.5 Å². The number of ether oxygens (including phenoxy) is 1. The number of fused-ring (bicyclic) bond motifs is 1. The summed E-state index contributed by atoms with van der Waals surface area (Å²) in [6, 6.07) is 0. The van der Waals surface area contributed by atoms with Crippen LogP contribution in [0.15, 0.2) is 12.2 Å². The van der Waals surface area contributed by atoms with Gasteiger partial charge in [0.1, 0.15) is 23.6 Å². The number of rotatable bonds is 5. The van der Waals surface area contributed by atoms with E-state index in [0.29, 0.717) is 0 Å². The molecule has 2 fully saturated rings. The molecule has 3 aliphatic rings. The quantitative estimate of drug-likeness (QED) is 0.216. The zero-order chi connectivity index (χ0) is 12.5. The van der Waals surface area contributed by atoms with Gasteiger partial charge in [-0.1, -0.05) is 0 Å². The van der Waals surface area contributed by atoms with Gasteiger partial charge >= 0.3 is 0 Å². The molecule has 1 saturated carbocycles. The molecule has 0 aromatic carbocycles. The van der Waals surface area contributed by atoms with Gasteiger partial charge in [-0.2, -0.15) is 8.42 Å². The topological polar surface area (TPSA) is 106 Å². The van der Waals surface area contributed by atoms with Gasteiger partial charge in [0.25, 0.3) is 10.1 Å². The smallest absolute Gasteiger partial charge is 0.269 e. The lowest BCUT2D eigenvalue weighted by Gasteiger charge is -2.07. The molecule has 0 aromatic heterocycles. The Morgan fingerprint density at radius 2 is 2.18 bits per heavy atom. The highest BCUT2D eigenvalue weighted by atomic mass is 32.2. The van der Waals surface area contributed by atoms with E-state index in [1.807, 2.05) is 12.2 Å². The average Bonchev–Trinajstić information content (AvgIpc) is 3.14. The van der Waals surface area contributed by atoms with Gasteiger partial charge in [-0.3, -0.25) is 4.55 Å². The molecule has 1 aliphatic heterocycles. The lowest BCUT2D eigenvalue weighted by molar-refractivity contribution is -0.309. The van der Waals surface area contributed by atoms with Crippen LogP contribution in [-0.2, 0) is 24.6 Å². The standard InChI is InChI=1S/C9H12O7S/c1-5(17(11,12)13)4-14-15-7-6(10)9(7)8(16-9)2-3-8/h2-3,5-7,10H,4H2,1H3,(H,11,12,13). The Hall–Kier alpha value is -0.510. The monoisotopic (exact) mass is 264 g/mol. The van der Waals surface area contributed by atoms with Crippen molar-refractivity contribution in [3.8, 4) is 0 Å². The first-order valence-electron chi connectivity index (χ1n) is 5.17. The number of aliphatic hydroxyl groups is 1. The molecular weight excluding hydrogens is 252 g/mol. The number of hydrogen-bond donors (Lipinski definition) is 2. The molecule has 4 unspecified atom stereocenters. The van der Waals surface area contributed by atoms with Crippen molar-refractivity contribution in [2.75, 3.05) is 6.61 Å². The Morgan fingerprint density at radius 1 is 1.53 bits per heavy atom. The van der Waals surface area contributed by atoms with E-state index in [1.165, 1.54) is 6.92 Å². The number of aliphatic hydroxyl groups excluding tert-OH is 1. The van der Waals surface area contributed by atoms with Crippen molar-refractivity contribution >= 4 is 10.1 Å². The molecule has 0 radical (unpaired) electrons. The van der Waals surface area contributed by atoms with E-state index >= 15 is 0 Å². The lowest BCUT2D eigenvalue weighted by atomic mass is 10.2. The minimum atomic E-state index is -4.13. The van der Waals surface area contributed by atoms with Crippen LogP contribution >= 0.6 is 0 Å². The molecule has 0 amide bonds. The van der Waals surface area contributed by atoms with Crippen molar-refractivity contribution in [1.29, 1.82) is 0 Å². The van der Waals surface area contributed by atoms with Crippen molar-refractivity contribution in [2.24, 2.45) is 0 Å². The first-order chi connectivity index (χ1) is 7.83. The van der Waals surface area contributed by atoms with Crippen molar-refractivity contribution < 1.29 is 32.6 Å². The fraction of sp³-hybridized carbons (Fsp3) is 0.778. The third-order valence-corrected chi connectivity index (χ3v) is 4.55. The van der Waals surface area contributed by atoms with Crippen LogP contribution in [0.5, 0.6) is 0 Å². The normalized spacial score (nSPS) is 41.8. The highest BCUT2D eigenvalue weighted by Crippen LogP contribution is 2.72. The molecule has 0 aromatic rings. The van der Waals surface area contributed by atoms with Crippen molar-refractivity contribution in [3.63, 3.8) is 0 Å². The Morgan fingerprint density at radius 3 is 2.65 bits per heavy atom. The Kier molecular flexibility index (Phi) is 2.10. The summed E-state index contributed by atoms with van der Waals surface area (Å²) in [5.74, 6) is 0. The summed E-state index contributed by atoms with van der Waals surface area (Å²) in [4.78, 5) is 9.60.